The van der Waals surface area contributed by atoms with Crippen molar-refractivity contribution in [2.75, 3.05) is 20.1 Å². The molecule has 0 saturated carbocycles. The topological polar surface area (TPSA) is 92.9 Å². The Labute approximate surface area is 279 Å². The van der Waals surface area contributed by atoms with Crippen LogP contribution in [0.25, 0.3) is 22.4 Å². The maximum atomic E-state index is 9.65. The predicted octanol–water partition coefficient (Wildman–Crippen LogP) is 8.54. The fourth-order valence-corrected chi connectivity index (χ4v) is 5.39. The molecule has 0 fully saturated rings. The molecule has 234 valence electrons. The second-order valence-electron chi connectivity index (χ2n) is 11.2. The fourth-order valence-electron chi connectivity index (χ4n) is 5.39. The van der Waals surface area contributed by atoms with Gasteiger partial charge in [0.2, 0.25) is 5.88 Å². The highest BCUT2D eigenvalue weighted by molar-refractivity contribution is 5.99. The quantitative estimate of drug-likeness (QED) is 0.150. The van der Waals surface area contributed by atoms with E-state index < -0.39 is 0 Å². The molecular formula is C40H31N5O3. The van der Waals surface area contributed by atoms with E-state index in [9.17, 15) is 5.26 Å². The summed E-state index contributed by atoms with van der Waals surface area (Å²) in [4.78, 5) is 16.2. The Hall–Kier alpha value is -6.46. The number of nitriles is 1. The van der Waals surface area contributed by atoms with Crippen molar-refractivity contribution in [2.45, 2.75) is 6.61 Å². The van der Waals surface area contributed by atoms with Crippen LogP contribution < -0.4 is 14.2 Å². The molecule has 48 heavy (non-hydrogen) atoms. The average Bonchev–Trinajstić information content (AvgIpc) is 3.57. The molecule has 0 spiro atoms. The van der Waals surface area contributed by atoms with E-state index in [-0.39, 0.29) is 11.9 Å². The molecule has 0 saturated heterocycles. The van der Waals surface area contributed by atoms with Gasteiger partial charge in [0, 0.05) is 36.9 Å². The molecule has 0 N–H and O–H groups in total. The Morgan fingerprint density at radius 2 is 1.42 bits per heavy atom. The summed E-state index contributed by atoms with van der Waals surface area (Å²) in [6.07, 6.45) is 0. The first-order valence-corrected chi connectivity index (χ1v) is 15.6. The van der Waals surface area contributed by atoms with E-state index in [4.69, 9.17) is 19.2 Å². The van der Waals surface area contributed by atoms with Crippen LogP contribution in [-0.2, 0) is 6.61 Å². The molecule has 8 heteroatoms. The first kappa shape index (κ1) is 30.2. The Morgan fingerprint density at radius 1 is 0.688 bits per heavy atom. The lowest BCUT2D eigenvalue weighted by Gasteiger charge is -2.15. The summed E-state index contributed by atoms with van der Waals surface area (Å²) in [5.74, 6) is 2.54. The third-order valence-electron chi connectivity index (χ3n) is 7.85. The van der Waals surface area contributed by atoms with Gasteiger partial charge >= 0.3 is 6.01 Å². The van der Waals surface area contributed by atoms with Crippen LogP contribution in [0.5, 0.6) is 29.1 Å². The van der Waals surface area contributed by atoms with Gasteiger partial charge in [0.05, 0.1) is 23.9 Å². The molecule has 8 nitrogen and oxygen atoms in total. The molecule has 0 unspecified atom stereocenters. The number of rotatable bonds is 10. The third-order valence-corrected chi connectivity index (χ3v) is 7.85. The van der Waals surface area contributed by atoms with Crippen LogP contribution in [0.1, 0.15) is 16.7 Å². The van der Waals surface area contributed by atoms with Crippen LogP contribution in [0.2, 0.25) is 0 Å². The maximum absolute atomic E-state index is 9.65. The van der Waals surface area contributed by atoms with Crippen molar-refractivity contribution in [3.05, 3.63) is 150 Å². The number of aromatic nitrogens is 2. The van der Waals surface area contributed by atoms with Gasteiger partial charge in [-0.1, -0.05) is 97.1 Å². The minimum absolute atomic E-state index is 0.108. The van der Waals surface area contributed by atoms with Crippen molar-refractivity contribution in [3.63, 3.8) is 0 Å². The van der Waals surface area contributed by atoms with Crippen LogP contribution in [-0.4, -0.2) is 40.8 Å². The van der Waals surface area contributed by atoms with Crippen molar-refractivity contribution < 1.29 is 14.2 Å². The summed E-state index contributed by atoms with van der Waals surface area (Å²) < 4.78 is 18.8. The van der Waals surface area contributed by atoms with Gasteiger partial charge < -0.3 is 19.1 Å². The minimum Gasteiger partial charge on any atom is -0.485 e. The average molecular weight is 630 g/mol. The molecule has 2 heterocycles. The highest BCUT2D eigenvalue weighted by Gasteiger charge is 2.17. The van der Waals surface area contributed by atoms with Gasteiger partial charge in [-0.15, -0.1) is 0 Å². The number of aliphatic imine (C=N–C) groups is 1. The number of nitrogens with zero attached hydrogens (tertiary/aromatic N) is 5. The Balaban J connectivity index is 1.24. The Morgan fingerprint density at radius 3 is 2.17 bits per heavy atom. The van der Waals surface area contributed by atoms with E-state index >= 15 is 0 Å². The Kier molecular flexibility index (Phi) is 8.74. The van der Waals surface area contributed by atoms with Crippen LogP contribution in [0.4, 0.5) is 0 Å². The van der Waals surface area contributed by atoms with Crippen LogP contribution in [0.15, 0.2) is 138 Å². The Bertz CT molecular complexity index is 2110. The van der Waals surface area contributed by atoms with Gasteiger partial charge in [0.15, 0.2) is 11.5 Å². The second-order valence-corrected chi connectivity index (χ2v) is 11.2. The minimum atomic E-state index is 0.108. The number of hydrogen-bond acceptors (Lipinski definition) is 8. The summed E-state index contributed by atoms with van der Waals surface area (Å²) >= 11 is 0. The monoisotopic (exact) mass is 629 g/mol. The van der Waals surface area contributed by atoms with E-state index in [2.05, 4.69) is 45.2 Å². The molecule has 7 rings (SSSR count). The fraction of sp³-hybridized carbons (Fsp3) is 0.100. The van der Waals surface area contributed by atoms with Crippen LogP contribution in [0, 0.1) is 11.3 Å². The molecule has 1 aliphatic rings. The molecule has 0 radical (unpaired) electrons. The molecule has 1 aromatic heterocycles. The lowest BCUT2D eigenvalue weighted by Crippen LogP contribution is -2.23. The molecular weight excluding hydrogens is 598 g/mol. The zero-order valence-electron chi connectivity index (χ0n) is 26.3. The standard InChI is InChI=1S/C40H31N5O3/c1-45-22-21-42-39(45)33-13-8-14-34(24-33)47-40-43-35(32-18-16-31(17-19-32)30-11-6-3-7-12-30)25-38(44-40)48-37-23-29(26-41)15-20-36(37)46-27-28-9-4-2-5-10-28/h2-20,23-25H,21-22,27H2,1H3. The maximum Gasteiger partial charge on any atom is 0.325 e. The van der Waals surface area contributed by atoms with E-state index in [1.54, 1.807) is 24.3 Å². The first-order chi connectivity index (χ1) is 23.6. The van der Waals surface area contributed by atoms with Crippen LogP contribution >= 0.6 is 0 Å². The second kappa shape index (κ2) is 13.9. The number of likely N-dealkylation sites (N-methyl/N-ethyl adjacent to an activating group) is 1. The smallest absolute Gasteiger partial charge is 0.325 e. The summed E-state index contributed by atoms with van der Waals surface area (Å²) in [7, 11) is 2.03. The normalized spacial score (nSPS) is 12.2. The van der Waals surface area contributed by atoms with Gasteiger partial charge in [0.25, 0.3) is 0 Å². The molecule has 6 aromatic rings. The van der Waals surface area contributed by atoms with Gasteiger partial charge in [0.1, 0.15) is 18.2 Å². The summed E-state index contributed by atoms with van der Waals surface area (Å²) in [6, 6.07) is 45.0. The number of ether oxygens (including phenoxy) is 3. The SMILES string of the molecule is CN1CCN=C1c1cccc(Oc2nc(Oc3cc(C#N)ccc3OCc3ccccc3)cc(-c3ccc(-c4ccccc4)cc3)n2)c1. The van der Waals surface area contributed by atoms with Crippen molar-refractivity contribution >= 4 is 5.84 Å². The highest BCUT2D eigenvalue weighted by atomic mass is 16.5. The lowest BCUT2D eigenvalue weighted by atomic mass is 10.0. The largest absolute Gasteiger partial charge is 0.485 e. The molecule has 0 aliphatic carbocycles. The highest BCUT2D eigenvalue weighted by Crippen LogP contribution is 2.35. The van der Waals surface area contributed by atoms with Crippen LogP contribution in [0.3, 0.4) is 0 Å². The summed E-state index contributed by atoms with van der Waals surface area (Å²) in [6.45, 7) is 1.96. The van der Waals surface area contributed by atoms with Gasteiger partial charge in [-0.25, -0.2) is 0 Å². The van der Waals surface area contributed by atoms with Crippen molar-refractivity contribution in [2.24, 2.45) is 4.99 Å². The summed E-state index contributed by atoms with van der Waals surface area (Å²) in [5, 5.41) is 9.65. The zero-order valence-corrected chi connectivity index (χ0v) is 26.3. The molecule has 0 atom stereocenters. The van der Waals surface area contributed by atoms with E-state index in [0.29, 0.717) is 35.1 Å². The predicted molar refractivity (Wildman–Crippen MR) is 185 cm³/mol. The molecule has 5 aromatic carbocycles. The van der Waals surface area contributed by atoms with E-state index in [1.807, 2.05) is 92.0 Å². The molecule has 0 bridgehead atoms. The zero-order chi connectivity index (χ0) is 32.7. The summed E-state index contributed by atoms with van der Waals surface area (Å²) in [5.41, 5.74) is 6.05. The van der Waals surface area contributed by atoms with Crippen molar-refractivity contribution in [1.29, 1.82) is 5.26 Å². The van der Waals surface area contributed by atoms with Gasteiger partial charge in [-0.05, 0) is 41.0 Å². The van der Waals surface area contributed by atoms with Gasteiger partial charge in [-0.3, -0.25) is 4.99 Å². The number of benzene rings is 5. The molecule has 1 aliphatic heterocycles. The first-order valence-electron chi connectivity index (χ1n) is 15.6. The van der Waals surface area contributed by atoms with Crippen molar-refractivity contribution in [1.82, 2.24) is 14.9 Å². The molecule has 0 amide bonds. The lowest BCUT2D eigenvalue weighted by molar-refractivity contribution is 0.289. The van der Waals surface area contributed by atoms with E-state index in [0.717, 1.165) is 46.7 Å². The number of amidine groups is 1. The number of hydrogen-bond donors (Lipinski definition) is 0. The third kappa shape index (κ3) is 7.01. The van der Waals surface area contributed by atoms with Crippen molar-refractivity contribution in [3.8, 4) is 57.6 Å². The van der Waals surface area contributed by atoms with Gasteiger partial charge in [-0.2, -0.15) is 15.2 Å². The van der Waals surface area contributed by atoms with E-state index in [1.165, 1.54) is 0 Å².